The lowest BCUT2D eigenvalue weighted by atomic mass is 9.72. The lowest BCUT2D eigenvalue weighted by Crippen LogP contribution is -2.33. The molecule has 1 nitrogen and oxygen atoms in total. The van der Waals surface area contributed by atoms with E-state index in [1.165, 1.54) is 37.0 Å². The van der Waals surface area contributed by atoms with Gasteiger partial charge >= 0.3 is 0 Å². The number of hydrogen-bond donors (Lipinski definition) is 1. The Morgan fingerprint density at radius 2 is 2.06 bits per heavy atom. The SMILES string of the molecule is CC(C)CC1(C(N)c2cccs2)CCCC1. The van der Waals surface area contributed by atoms with Gasteiger partial charge in [-0.15, -0.1) is 11.3 Å². The van der Waals surface area contributed by atoms with Crippen molar-refractivity contribution in [3.63, 3.8) is 0 Å². The molecule has 2 rings (SSSR count). The average Bonchev–Trinajstić information content (AvgIpc) is 2.85. The van der Waals surface area contributed by atoms with Gasteiger partial charge in [-0.2, -0.15) is 0 Å². The summed E-state index contributed by atoms with van der Waals surface area (Å²) in [5.41, 5.74) is 6.93. The maximum Gasteiger partial charge on any atom is 0.0447 e. The quantitative estimate of drug-likeness (QED) is 0.827. The summed E-state index contributed by atoms with van der Waals surface area (Å²) in [5.74, 6) is 0.754. The van der Waals surface area contributed by atoms with Gasteiger partial charge in [0.2, 0.25) is 0 Å². The fraction of sp³-hybridized carbons (Fsp3) is 0.714. The fourth-order valence-electron chi connectivity index (χ4n) is 3.30. The summed E-state index contributed by atoms with van der Waals surface area (Å²) < 4.78 is 0. The van der Waals surface area contributed by atoms with Crippen LogP contribution in [0, 0.1) is 11.3 Å². The van der Waals surface area contributed by atoms with E-state index in [1.807, 2.05) is 11.3 Å². The second kappa shape index (κ2) is 4.89. The molecule has 1 aliphatic carbocycles. The third kappa shape index (κ3) is 2.33. The first-order chi connectivity index (χ1) is 7.64. The van der Waals surface area contributed by atoms with Crippen molar-refractivity contribution in [1.82, 2.24) is 0 Å². The first-order valence-corrected chi connectivity index (χ1v) is 7.31. The lowest BCUT2D eigenvalue weighted by molar-refractivity contribution is 0.185. The van der Waals surface area contributed by atoms with Crippen LogP contribution >= 0.6 is 11.3 Å². The van der Waals surface area contributed by atoms with Crippen LogP contribution in [0.5, 0.6) is 0 Å². The first kappa shape index (κ1) is 12.1. The van der Waals surface area contributed by atoms with Gasteiger partial charge in [-0.05, 0) is 42.0 Å². The Morgan fingerprint density at radius 1 is 1.38 bits per heavy atom. The zero-order valence-corrected chi connectivity index (χ0v) is 11.2. The number of nitrogens with two attached hydrogens (primary N) is 1. The van der Waals surface area contributed by atoms with Crippen molar-refractivity contribution in [3.8, 4) is 0 Å². The molecule has 90 valence electrons. The van der Waals surface area contributed by atoms with E-state index in [9.17, 15) is 0 Å². The van der Waals surface area contributed by atoms with Crippen molar-refractivity contribution in [2.24, 2.45) is 17.1 Å². The summed E-state index contributed by atoms with van der Waals surface area (Å²) in [6.45, 7) is 4.64. The van der Waals surface area contributed by atoms with Crippen LogP contribution in [0.3, 0.4) is 0 Å². The van der Waals surface area contributed by atoms with Crippen molar-refractivity contribution < 1.29 is 0 Å². The van der Waals surface area contributed by atoms with Crippen molar-refractivity contribution in [3.05, 3.63) is 22.4 Å². The number of thiophene rings is 1. The first-order valence-electron chi connectivity index (χ1n) is 6.43. The molecular weight excluding hydrogens is 214 g/mol. The van der Waals surface area contributed by atoms with Crippen LogP contribution in [0.2, 0.25) is 0 Å². The zero-order chi connectivity index (χ0) is 11.6. The van der Waals surface area contributed by atoms with Crippen LogP contribution in [0.15, 0.2) is 17.5 Å². The standard InChI is InChI=1S/C14H23NS/c1-11(2)10-14(7-3-4-8-14)13(15)12-6-5-9-16-12/h5-6,9,11,13H,3-4,7-8,10,15H2,1-2H3. The summed E-state index contributed by atoms with van der Waals surface area (Å²) in [7, 11) is 0. The molecule has 2 heteroatoms. The molecule has 1 atom stereocenters. The van der Waals surface area contributed by atoms with E-state index in [2.05, 4.69) is 31.4 Å². The highest BCUT2D eigenvalue weighted by atomic mass is 32.1. The largest absolute Gasteiger partial charge is 0.323 e. The zero-order valence-electron chi connectivity index (χ0n) is 10.4. The molecule has 0 aliphatic heterocycles. The molecule has 0 spiro atoms. The highest BCUT2D eigenvalue weighted by molar-refractivity contribution is 7.10. The van der Waals surface area contributed by atoms with Gasteiger partial charge < -0.3 is 5.73 Å². The van der Waals surface area contributed by atoms with E-state index in [1.54, 1.807) is 0 Å². The smallest absolute Gasteiger partial charge is 0.0447 e. The van der Waals surface area contributed by atoms with Gasteiger partial charge in [0, 0.05) is 10.9 Å². The third-order valence-electron chi connectivity index (χ3n) is 3.92. The molecule has 16 heavy (non-hydrogen) atoms. The summed E-state index contributed by atoms with van der Waals surface area (Å²) >= 11 is 1.82. The minimum Gasteiger partial charge on any atom is -0.323 e. The molecule has 1 aromatic heterocycles. The molecule has 1 heterocycles. The predicted molar refractivity (Wildman–Crippen MR) is 71.6 cm³/mol. The average molecular weight is 237 g/mol. The summed E-state index contributed by atoms with van der Waals surface area (Å²) in [4.78, 5) is 1.38. The predicted octanol–water partition coefficient (Wildman–Crippen LogP) is 4.35. The molecule has 1 aromatic rings. The molecule has 0 radical (unpaired) electrons. The second-order valence-corrected chi connectivity index (χ2v) is 6.64. The molecule has 0 aromatic carbocycles. The van der Waals surface area contributed by atoms with Crippen LogP contribution in [-0.4, -0.2) is 0 Å². The Balaban J connectivity index is 2.18. The Hall–Kier alpha value is -0.340. The van der Waals surface area contributed by atoms with Crippen molar-refractivity contribution in [2.45, 2.75) is 52.0 Å². The molecule has 1 saturated carbocycles. The number of hydrogen-bond acceptors (Lipinski definition) is 2. The highest BCUT2D eigenvalue weighted by Gasteiger charge is 2.40. The topological polar surface area (TPSA) is 26.0 Å². The molecule has 1 aliphatic rings. The summed E-state index contributed by atoms with van der Waals surface area (Å²) in [6.07, 6.45) is 6.66. The van der Waals surface area contributed by atoms with Gasteiger partial charge in [0.15, 0.2) is 0 Å². The van der Waals surface area contributed by atoms with E-state index < -0.39 is 0 Å². The molecule has 0 amide bonds. The maximum absolute atomic E-state index is 6.54. The van der Waals surface area contributed by atoms with Crippen molar-refractivity contribution in [1.29, 1.82) is 0 Å². The molecule has 2 N–H and O–H groups in total. The van der Waals surface area contributed by atoms with E-state index in [0.29, 0.717) is 5.41 Å². The van der Waals surface area contributed by atoms with Gasteiger partial charge in [0.25, 0.3) is 0 Å². The number of rotatable bonds is 4. The van der Waals surface area contributed by atoms with Crippen LogP contribution in [-0.2, 0) is 0 Å². The molecule has 1 unspecified atom stereocenters. The van der Waals surface area contributed by atoms with Gasteiger partial charge in [-0.25, -0.2) is 0 Å². The normalized spacial score (nSPS) is 21.5. The Labute approximate surface area is 103 Å². The van der Waals surface area contributed by atoms with Gasteiger partial charge in [-0.3, -0.25) is 0 Å². The van der Waals surface area contributed by atoms with Gasteiger partial charge in [0.1, 0.15) is 0 Å². The second-order valence-electron chi connectivity index (χ2n) is 5.66. The molecular formula is C14H23NS. The Morgan fingerprint density at radius 3 is 2.56 bits per heavy atom. The van der Waals surface area contributed by atoms with Gasteiger partial charge in [-0.1, -0.05) is 32.8 Å². The molecule has 0 saturated heterocycles. The fourth-order valence-corrected chi connectivity index (χ4v) is 4.17. The highest BCUT2D eigenvalue weighted by Crippen LogP contribution is 2.51. The molecule has 1 fully saturated rings. The Kier molecular flexibility index (Phi) is 3.70. The summed E-state index contributed by atoms with van der Waals surface area (Å²) in [6, 6.07) is 4.59. The van der Waals surface area contributed by atoms with Crippen LogP contribution in [0.4, 0.5) is 0 Å². The Bertz CT molecular complexity index is 309. The van der Waals surface area contributed by atoms with Crippen molar-refractivity contribution in [2.75, 3.05) is 0 Å². The van der Waals surface area contributed by atoms with Crippen molar-refractivity contribution >= 4 is 11.3 Å². The van der Waals surface area contributed by atoms with Crippen LogP contribution < -0.4 is 5.73 Å². The monoisotopic (exact) mass is 237 g/mol. The minimum absolute atomic E-state index is 0.261. The van der Waals surface area contributed by atoms with Crippen LogP contribution in [0.25, 0.3) is 0 Å². The van der Waals surface area contributed by atoms with E-state index in [-0.39, 0.29) is 6.04 Å². The maximum atomic E-state index is 6.54. The molecule has 0 bridgehead atoms. The van der Waals surface area contributed by atoms with E-state index >= 15 is 0 Å². The minimum atomic E-state index is 0.261. The van der Waals surface area contributed by atoms with Crippen LogP contribution in [0.1, 0.15) is 56.9 Å². The summed E-state index contributed by atoms with van der Waals surface area (Å²) in [5, 5.41) is 2.15. The van der Waals surface area contributed by atoms with Gasteiger partial charge in [0.05, 0.1) is 0 Å². The lowest BCUT2D eigenvalue weighted by Gasteiger charge is -2.36. The van der Waals surface area contributed by atoms with E-state index in [0.717, 1.165) is 5.92 Å². The third-order valence-corrected chi connectivity index (χ3v) is 4.88. The van der Waals surface area contributed by atoms with E-state index in [4.69, 9.17) is 5.73 Å².